The van der Waals surface area contributed by atoms with E-state index >= 15 is 0 Å². The smallest absolute Gasteiger partial charge is 0.428 e. The Hall–Kier alpha value is -2.10. The molecule has 0 saturated carbocycles. The molecule has 0 radical (unpaired) electrons. The van der Waals surface area contributed by atoms with Gasteiger partial charge in [0.25, 0.3) is 0 Å². The average molecular weight is 515 g/mol. The van der Waals surface area contributed by atoms with Gasteiger partial charge in [-0.2, -0.15) is 13.2 Å². The summed E-state index contributed by atoms with van der Waals surface area (Å²) in [6.45, 7) is 2.38. The summed E-state index contributed by atoms with van der Waals surface area (Å²) in [5.74, 6) is -0.149. The largest absolute Gasteiger partial charge is 0.478 e. The van der Waals surface area contributed by atoms with E-state index in [1.165, 1.54) is 13.0 Å². The zero-order valence-electron chi connectivity index (χ0n) is 17.7. The Morgan fingerprint density at radius 2 is 1.97 bits per heavy atom. The second-order valence-electron chi connectivity index (χ2n) is 8.24. The molecule has 1 heterocycles. The Morgan fingerprint density at radius 1 is 1.28 bits per heavy atom. The second kappa shape index (κ2) is 9.80. The fraction of sp³-hybridized carbons (Fsp3) is 0.435. The summed E-state index contributed by atoms with van der Waals surface area (Å²) in [5.41, 5.74) is -0.861. The number of aliphatic hydroxyl groups excluding tert-OH is 1. The number of carbonyl (C=O) groups excluding carboxylic acids is 1. The molecule has 1 aliphatic heterocycles. The van der Waals surface area contributed by atoms with Gasteiger partial charge in [-0.1, -0.05) is 46.3 Å². The minimum Gasteiger partial charge on any atom is -0.478 e. The van der Waals surface area contributed by atoms with Gasteiger partial charge in [-0.05, 0) is 37.1 Å². The monoisotopic (exact) mass is 514 g/mol. The molecule has 0 aromatic heterocycles. The van der Waals surface area contributed by atoms with Gasteiger partial charge in [0.05, 0.1) is 12.1 Å². The Balaban J connectivity index is 1.78. The standard InChI is InChI=1S/C23H26BrF3N2O3/c1-14(30)29-18(10-15-6-4-3-5-7-15)20(31)13-28-19-12-22(2,23(25,26)27)32-21-9-8-16(24)11-17(19)21/h3-9,11,18-20,28,31H,10,12-13H2,1-2H3,(H,29,30). The van der Waals surface area contributed by atoms with Crippen molar-refractivity contribution in [1.82, 2.24) is 10.6 Å². The number of ether oxygens (including phenoxy) is 1. The highest BCUT2D eigenvalue weighted by molar-refractivity contribution is 9.10. The third kappa shape index (κ3) is 5.82. The maximum Gasteiger partial charge on any atom is 0.428 e. The van der Waals surface area contributed by atoms with Crippen LogP contribution in [0.25, 0.3) is 0 Å². The molecule has 0 saturated heterocycles. The van der Waals surface area contributed by atoms with Crippen LogP contribution in [0, 0.1) is 0 Å². The first-order valence-electron chi connectivity index (χ1n) is 10.3. The number of nitrogens with one attached hydrogen (secondary N) is 2. The van der Waals surface area contributed by atoms with Crippen LogP contribution in [-0.2, 0) is 11.2 Å². The van der Waals surface area contributed by atoms with Crippen LogP contribution in [0.3, 0.4) is 0 Å². The Kier molecular flexibility index (Phi) is 7.52. The molecule has 0 spiro atoms. The van der Waals surface area contributed by atoms with Crippen LogP contribution in [0.5, 0.6) is 5.75 Å². The van der Waals surface area contributed by atoms with Gasteiger partial charge in [0.2, 0.25) is 11.5 Å². The van der Waals surface area contributed by atoms with Crippen molar-refractivity contribution in [2.24, 2.45) is 0 Å². The van der Waals surface area contributed by atoms with Crippen LogP contribution < -0.4 is 15.4 Å². The van der Waals surface area contributed by atoms with E-state index in [1.54, 1.807) is 12.1 Å². The van der Waals surface area contributed by atoms with E-state index in [-0.39, 0.29) is 24.6 Å². The minimum atomic E-state index is -4.57. The number of aliphatic hydroxyl groups is 1. The molecule has 2 aromatic rings. The van der Waals surface area contributed by atoms with Crippen molar-refractivity contribution in [3.63, 3.8) is 0 Å². The normalized spacial score (nSPS) is 22.4. The molecule has 3 rings (SSSR count). The van der Waals surface area contributed by atoms with Gasteiger partial charge in [-0.25, -0.2) is 0 Å². The number of alkyl halides is 3. The summed E-state index contributed by atoms with van der Waals surface area (Å²) in [5, 5.41) is 16.6. The van der Waals surface area contributed by atoms with E-state index in [0.717, 1.165) is 12.5 Å². The van der Waals surface area contributed by atoms with Crippen LogP contribution in [0.2, 0.25) is 0 Å². The maximum atomic E-state index is 13.7. The highest BCUT2D eigenvalue weighted by atomic mass is 79.9. The first-order chi connectivity index (χ1) is 15.0. The van der Waals surface area contributed by atoms with E-state index in [0.29, 0.717) is 16.5 Å². The molecule has 0 fully saturated rings. The molecule has 4 atom stereocenters. The van der Waals surface area contributed by atoms with Gasteiger partial charge in [-0.15, -0.1) is 0 Å². The molecule has 2 aromatic carbocycles. The number of rotatable bonds is 7. The molecule has 174 valence electrons. The van der Waals surface area contributed by atoms with Crippen molar-refractivity contribution in [3.8, 4) is 5.75 Å². The molecule has 4 unspecified atom stereocenters. The van der Waals surface area contributed by atoms with E-state index in [9.17, 15) is 23.1 Å². The number of amides is 1. The zero-order valence-corrected chi connectivity index (χ0v) is 19.3. The third-order valence-electron chi connectivity index (χ3n) is 5.60. The van der Waals surface area contributed by atoms with Crippen molar-refractivity contribution in [2.45, 2.75) is 56.7 Å². The number of hydrogen-bond acceptors (Lipinski definition) is 4. The number of hydrogen-bond donors (Lipinski definition) is 3. The summed E-state index contributed by atoms with van der Waals surface area (Å²) in [4.78, 5) is 11.7. The predicted molar refractivity (Wildman–Crippen MR) is 118 cm³/mol. The van der Waals surface area contributed by atoms with Crippen LogP contribution in [-0.4, -0.2) is 41.5 Å². The van der Waals surface area contributed by atoms with Crippen molar-refractivity contribution in [2.75, 3.05) is 6.54 Å². The van der Waals surface area contributed by atoms with Gasteiger partial charge in [0, 0.05) is 36.0 Å². The lowest BCUT2D eigenvalue weighted by molar-refractivity contribution is -0.249. The Labute approximate surface area is 193 Å². The topological polar surface area (TPSA) is 70.6 Å². The van der Waals surface area contributed by atoms with Gasteiger partial charge in [-0.3, -0.25) is 4.79 Å². The van der Waals surface area contributed by atoms with Crippen molar-refractivity contribution in [3.05, 3.63) is 64.1 Å². The lowest BCUT2D eigenvalue weighted by atomic mass is 9.87. The van der Waals surface area contributed by atoms with Crippen LogP contribution in [0.4, 0.5) is 13.2 Å². The molecule has 1 aliphatic rings. The molecule has 9 heteroatoms. The quantitative estimate of drug-likeness (QED) is 0.515. The fourth-order valence-electron chi connectivity index (χ4n) is 3.84. The molecular weight excluding hydrogens is 489 g/mol. The molecule has 0 bridgehead atoms. The molecule has 0 aliphatic carbocycles. The lowest BCUT2D eigenvalue weighted by Crippen LogP contribution is -2.54. The number of fused-ring (bicyclic) bond motifs is 1. The van der Waals surface area contributed by atoms with E-state index in [1.807, 2.05) is 30.3 Å². The van der Waals surface area contributed by atoms with Gasteiger partial charge >= 0.3 is 6.18 Å². The SMILES string of the molecule is CC(=O)NC(Cc1ccccc1)C(O)CNC1CC(C)(C(F)(F)F)Oc2ccc(Br)cc21. The Morgan fingerprint density at radius 3 is 2.59 bits per heavy atom. The molecule has 32 heavy (non-hydrogen) atoms. The minimum absolute atomic E-state index is 0.0116. The lowest BCUT2D eigenvalue weighted by Gasteiger charge is -2.41. The van der Waals surface area contributed by atoms with Crippen molar-refractivity contribution in [1.29, 1.82) is 0 Å². The van der Waals surface area contributed by atoms with E-state index < -0.39 is 30.0 Å². The fourth-order valence-corrected chi connectivity index (χ4v) is 4.22. The molecule has 3 N–H and O–H groups in total. The van der Waals surface area contributed by atoms with Crippen LogP contribution in [0.15, 0.2) is 53.0 Å². The number of halogens is 4. The highest BCUT2D eigenvalue weighted by Crippen LogP contribution is 2.47. The predicted octanol–water partition coefficient (Wildman–Crippen LogP) is 4.29. The summed E-state index contributed by atoms with van der Waals surface area (Å²) in [6, 6.07) is 12.9. The van der Waals surface area contributed by atoms with E-state index in [4.69, 9.17) is 4.74 Å². The number of benzene rings is 2. The molecule has 5 nitrogen and oxygen atoms in total. The highest BCUT2D eigenvalue weighted by Gasteiger charge is 2.56. The van der Waals surface area contributed by atoms with Crippen molar-refractivity contribution >= 4 is 21.8 Å². The van der Waals surface area contributed by atoms with Gasteiger partial charge < -0.3 is 20.5 Å². The second-order valence-corrected chi connectivity index (χ2v) is 9.16. The number of carbonyl (C=O) groups is 1. The first kappa shape index (κ1) is 24.5. The maximum absolute atomic E-state index is 13.7. The van der Waals surface area contributed by atoms with E-state index in [2.05, 4.69) is 26.6 Å². The third-order valence-corrected chi connectivity index (χ3v) is 6.09. The average Bonchev–Trinajstić information content (AvgIpc) is 2.71. The van der Waals surface area contributed by atoms with Gasteiger partial charge in [0.15, 0.2) is 0 Å². The first-order valence-corrected chi connectivity index (χ1v) is 11.1. The zero-order chi connectivity index (χ0) is 23.5. The summed E-state index contributed by atoms with van der Waals surface area (Å²) < 4.78 is 47.2. The molecular formula is C23H26BrF3N2O3. The van der Waals surface area contributed by atoms with Crippen LogP contribution >= 0.6 is 15.9 Å². The van der Waals surface area contributed by atoms with Crippen molar-refractivity contribution < 1.29 is 27.8 Å². The van der Waals surface area contributed by atoms with Crippen LogP contribution in [0.1, 0.15) is 37.4 Å². The van der Waals surface area contributed by atoms with Gasteiger partial charge in [0.1, 0.15) is 5.75 Å². The Bertz CT molecular complexity index is 942. The summed E-state index contributed by atoms with van der Waals surface area (Å²) in [7, 11) is 0. The summed E-state index contributed by atoms with van der Waals surface area (Å²) in [6.07, 6.45) is -5.55. The molecule has 1 amide bonds. The summed E-state index contributed by atoms with van der Waals surface area (Å²) >= 11 is 3.35.